The lowest BCUT2D eigenvalue weighted by molar-refractivity contribution is -0.116. The second-order valence-corrected chi connectivity index (χ2v) is 7.14. The maximum Gasteiger partial charge on any atom is 0.257 e. The first-order valence-corrected chi connectivity index (χ1v) is 10.0. The van der Waals surface area contributed by atoms with Crippen molar-refractivity contribution in [1.29, 1.82) is 0 Å². The Morgan fingerprint density at radius 1 is 0.871 bits per heavy atom. The predicted molar refractivity (Wildman–Crippen MR) is 122 cm³/mol. The minimum Gasteiger partial charge on any atom is -0.493 e. The molecule has 0 fully saturated rings. The number of benzene rings is 3. The number of aryl methyl sites for hydroxylation is 1. The Labute approximate surface area is 186 Å². The quantitative estimate of drug-likeness (QED) is 0.508. The highest BCUT2D eigenvalue weighted by atomic mass is 35.5. The van der Waals surface area contributed by atoms with Gasteiger partial charge in [0, 0.05) is 17.1 Å². The van der Waals surface area contributed by atoms with E-state index in [1.807, 2.05) is 12.1 Å². The summed E-state index contributed by atoms with van der Waals surface area (Å²) < 4.78 is 10.7. The van der Waals surface area contributed by atoms with E-state index in [0.717, 1.165) is 5.56 Å². The van der Waals surface area contributed by atoms with Gasteiger partial charge in [-0.1, -0.05) is 35.9 Å². The average Bonchev–Trinajstić information content (AvgIpc) is 2.79. The number of anilines is 2. The van der Waals surface area contributed by atoms with E-state index in [2.05, 4.69) is 10.6 Å². The van der Waals surface area contributed by atoms with Crippen LogP contribution in [0, 0.1) is 0 Å². The minimum atomic E-state index is -0.326. The standard InChI is InChI=1S/C24H23ClN2O4/c1-30-21-9-5-6-16(23(21)31-2)10-15-22(28)27-20-8-4-3-7-19(20)24(29)26-18-13-11-17(25)12-14-18/h3-9,11-14H,10,15H2,1-2H3,(H,26,29)(H,27,28). The number of amides is 2. The van der Waals surface area contributed by atoms with Crippen LogP contribution in [0.2, 0.25) is 5.02 Å². The van der Waals surface area contributed by atoms with Gasteiger partial charge in [-0.25, -0.2) is 0 Å². The fourth-order valence-electron chi connectivity index (χ4n) is 3.13. The van der Waals surface area contributed by atoms with Gasteiger partial charge in [0.05, 0.1) is 25.5 Å². The van der Waals surface area contributed by atoms with Gasteiger partial charge >= 0.3 is 0 Å². The van der Waals surface area contributed by atoms with Crippen molar-refractivity contribution in [2.24, 2.45) is 0 Å². The van der Waals surface area contributed by atoms with Crippen LogP contribution in [0.1, 0.15) is 22.3 Å². The largest absolute Gasteiger partial charge is 0.493 e. The molecule has 3 rings (SSSR count). The topological polar surface area (TPSA) is 76.7 Å². The maximum atomic E-state index is 12.7. The monoisotopic (exact) mass is 438 g/mol. The minimum absolute atomic E-state index is 0.211. The molecular weight excluding hydrogens is 416 g/mol. The summed E-state index contributed by atoms with van der Waals surface area (Å²) >= 11 is 5.88. The molecule has 0 aliphatic heterocycles. The summed E-state index contributed by atoms with van der Waals surface area (Å²) in [6.45, 7) is 0. The summed E-state index contributed by atoms with van der Waals surface area (Å²) in [6.07, 6.45) is 0.683. The van der Waals surface area contributed by atoms with Crippen molar-refractivity contribution in [1.82, 2.24) is 0 Å². The van der Waals surface area contributed by atoms with E-state index in [9.17, 15) is 9.59 Å². The first-order chi connectivity index (χ1) is 15.0. The van der Waals surface area contributed by atoms with Crippen LogP contribution in [0.15, 0.2) is 66.7 Å². The molecular formula is C24H23ClN2O4. The lowest BCUT2D eigenvalue weighted by atomic mass is 10.1. The number of carbonyl (C=O) groups excluding carboxylic acids is 2. The van der Waals surface area contributed by atoms with Crippen molar-refractivity contribution < 1.29 is 19.1 Å². The first-order valence-electron chi connectivity index (χ1n) is 9.67. The van der Waals surface area contributed by atoms with Crippen molar-refractivity contribution in [3.05, 3.63) is 82.9 Å². The van der Waals surface area contributed by atoms with Gasteiger partial charge in [0.15, 0.2) is 11.5 Å². The molecule has 0 saturated heterocycles. The van der Waals surface area contributed by atoms with Crippen LogP contribution in [0.4, 0.5) is 11.4 Å². The van der Waals surface area contributed by atoms with Crippen molar-refractivity contribution >= 4 is 34.8 Å². The summed E-state index contributed by atoms with van der Waals surface area (Å²) in [7, 11) is 3.14. The number of para-hydroxylation sites is 2. The molecule has 0 aliphatic rings. The third-order valence-electron chi connectivity index (χ3n) is 4.65. The number of nitrogens with one attached hydrogen (secondary N) is 2. The van der Waals surface area contributed by atoms with E-state index in [1.54, 1.807) is 68.8 Å². The van der Waals surface area contributed by atoms with Gasteiger partial charge in [0.2, 0.25) is 5.91 Å². The number of hydrogen-bond acceptors (Lipinski definition) is 4. The summed E-state index contributed by atoms with van der Waals surface area (Å²) in [5, 5.41) is 6.22. The Kier molecular flexibility index (Phi) is 7.51. The third-order valence-corrected chi connectivity index (χ3v) is 4.91. The highest BCUT2D eigenvalue weighted by molar-refractivity contribution is 6.30. The Morgan fingerprint density at radius 2 is 1.61 bits per heavy atom. The number of methoxy groups -OCH3 is 2. The van der Waals surface area contributed by atoms with Gasteiger partial charge in [0.1, 0.15) is 0 Å². The molecule has 31 heavy (non-hydrogen) atoms. The Hall–Kier alpha value is -3.51. The first kappa shape index (κ1) is 22.2. The molecule has 0 atom stereocenters. The maximum absolute atomic E-state index is 12.7. The fourth-order valence-corrected chi connectivity index (χ4v) is 3.26. The molecule has 160 valence electrons. The van der Waals surface area contributed by atoms with E-state index in [0.29, 0.717) is 39.9 Å². The Morgan fingerprint density at radius 3 is 2.32 bits per heavy atom. The van der Waals surface area contributed by atoms with Crippen LogP contribution in [-0.2, 0) is 11.2 Å². The normalized spacial score (nSPS) is 10.3. The molecule has 2 amide bonds. The van der Waals surface area contributed by atoms with Crippen molar-refractivity contribution in [2.45, 2.75) is 12.8 Å². The summed E-state index contributed by atoms with van der Waals surface area (Å²) in [5.41, 5.74) is 2.28. The predicted octanol–water partition coefficient (Wildman–Crippen LogP) is 5.18. The van der Waals surface area contributed by atoms with Crippen molar-refractivity contribution in [3.8, 4) is 11.5 Å². The van der Waals surface area contributed by atoms with Crippen LogP contribution in [0.5, 0.6) is 11.5 Å². The molecule has 0 aromatic heterocycles. The molecule has 7 heteroatoms. The van der Waals surface area contributed by atoms with Crippen LogP contribution in [0.25, 0.3) is 0 Å². The molecule has 0 unspecified atom stereocenters. The van der Waals surface area contributed by atoms with E-state index >= 15 is 0 Å². The van der Waals surface area contributed by atoms with Gasteiger partial charge in [0.25, 0.3) is 5.91 Å². The number of rotatable bonds is 8. The molecule has 0 aliphatic carbocycles. The number of hydrogen-bond donors (Lipinski definition) is 2. The van der Waals surface area contributed by atoms with Crippen LogP contribution in [-0.4, -0.2) is 26.0 Å². The third kappa shape index (κ3) is 5.77. The zero-order valence-electron chi connectivity index (χ0n) is 17.3. The fraction of sp³-hybridized carbons (Fsp3) is 0.167. The zero-order chi connectivity index (χ0) is 22.2. The second-order valence-electron chi connectivity index (χ2n) is 6.71. The van der Waals surface area contributed by atoms with E-state index < -0.39 is 0 Å². The van der Waals surface area contributed by atoms with E-state index in [1.165, 1.54) is 0 Å². The van der Waals surface area contributed by atoms with Gasteiger partial charge in [-0.3, -0.25) is 9.59 Å². The molecule has 0 saturated carbocycles. The van der Waals surface area contributed by atoms with Gasteiger partial charge in [-0.05, 0) is 54.4 Å². The molecule has 0 radical (unpaired) electrons. The summed E-state index contributed by atoms with van der Waals surface area (Å²) in [4.78, 5) is 25.3. The van der Waals surface area contributed by atoms with Gasteiger partial charge < -0.3 is 20.1 Å². The number of halogens is 1. The van der Waals surface area contributed by atoms with E-state index in [4.69, 9.17) is 21.1 Å². The summed E-state index contributed by atoms with van der Waals surface area (Å²) in [6, 6.07) is 19.2. The van der Waals surface area contributed by atoms with Crippen molar-refractivity contribution in [3.63, 3.8) is 0 Å². The molecule has 3 aromatic carbocycles. The zero-order valence-corrected chi connectivity index (χ0v) is 18.0. The van der Waals surface area contributed by atoms with Crippen molar-refractivity contribution in [2.75, 3.05) is 24.9 Å². The second kappa shape index (κ2) is 10.5. The molecule has 0 heterocycles. The highest BCUT2D eigenvalue weighted by Gasteiger charge is 2.15. The molecule has 0 spiro atoms. The van der Waals surface area contributed by atoms with Crippen LogP contribution >= 0.6 is 11.6 Å². The lowest BCUT2D eigenvalue weighted by Gasteiger charge is -2.13. The molecule has 2 N–H and O–H groups in total. The number of carbonyl (C=O) groups is 2. The number of ether oxygens (including phenoxy) is 2. The molecule has 3 aromatic rings. The van der Waals surface area contributed by atoms with Crippen LogP contribution < -0.4 is 20.1 Å². The summed E-state index contributed by atoms with van der Waals surface area (Å²) in [5.74, 6) is 0.689. The molecule has 6 nitrogen and oxygen atoms in total. The van der Waals surface area contributed by atoms with Crippen LogP contribution in [0.3, 0.4) is 0 Å². The molecule has 0 bridgehead atoms. The SMILES string of the molecule is COc1cccc(CCC(=O)Nc2ccccc2C(=O)Nc2ccc(Cl)cc2)c1OC. The Bertz CT molecular complexity index is 1070. The highest BCUT2D eigenvalue weighted by Crippen LogP contribution is 2.31. The Balaban J connectivity index is 1.67. The average molecular weight is 439 g/mol. The van der Waals surface area contributed by atoms with Gasteiger partial charge in [-0.15, -0.1) is 0 Å². The lowest BCUT2D eigenvalue weighted by Crippen LogP contribution is -2.18. The smallest absolute Gasteiger partial charge is 0.257 e. The van der Waals surface area contributed by atoms with Gasteiger partial charge in [-0.2, -0.15) is 0 Å². The van der Waals surface area contributed by atoms with E-state index in [-0.39, 0.29) is 18.2 Å².